The maximum atomic E-state index is 12.4. The van der Waals surface area contributed by atoms with Gasteiger partial charge in [-0.3, -0.25) is 0 Å². The van der Waals surface area contributed by atoms with E-state index in [0.717, 1.165) is 29.0 Å². The molecule has 1 aliphatic rings. The lowest BCUT2D eigenvalue weighted by atomic mass is 10.1. The highest BCUT2D eigenvalue weighted by atomic mass is 32.2. The highest BCUT2D eigenvalue weighted by Crippen LogP contribution is 2.31. The Labute approximate surface area is 213 Å². The molecule has 7 nitrogen and oxygen atoms in total. The zero-order valence-corrected chi connectivity index (χ0v) is 21.7. The van der Waals surface area contributed by atoms with E-state index in [-0.39, 0.29) is 0 Å². The molecule has 2 aromatic carbocycles. The number of ether oxygens (including phenoxy) is 2. The number of oxazole rings is 1. The van der Waals surface area contributed by atoms with Gasteiger partial charge in [0.15, 0.2) is 5.58 Å². The first-order valence-electron chi connectivity index (χ1n) is 12.0. The van der Waals surface area contributed by atoms with Gasteiger partial charge in [-0.25, -0.2) is 9.97 Å². The number of pyridine rings is 1. The quantitative estimate of drug-likeness (QED) is 0.195. The van der Waals surface area contributed by atoms with E-state index in [1.54, 1.807) is 12.3 Å². The van der Waals surface area contributed by atoms with Crippen LogP contribution in [0.5, 0.6) is 17.4 Å². The van der Waals surface area contributed by atoms with Crippen LogP contribution in [0.1, 0.15) is 46.1 Å². The van der Waals surface area contributed by atoms with E-state index < -0.39 is 16.1 Å². The molecule has 0 aliphatic heterocycles. The van der Waals surface area contributed by atoms with Crippen LogP contribution in [0.15, 0.2) is 69.6 Å². The summed E-state index contributed by atoms with van der Waals surface area (Å²) in [6.45, 7) is 8.30. The SMILES string of the molecule is C/C(=N\[S+]([O-])C(C)(C)C)c1ccc2nc(-c3ccc(Oc4cccc(OCC5CC5)c4)nc3)oc2c1. The molecule has 0 saturated heterocycles. The van der Waals surface area contributed by atoms with Crippen LogP contribution >= 0.6 is 0 Å². The summed E-state index contributed by atoms with van der Waals surface area (Å²) in [6.07, 6.45) is 4.18. The molecule has 4 aromatic rings. The molecule has 0 N–H and O–H groups in total. The number of benzene rings is 2. The predicted octanol–water partition coefficient (Wildman–Crippen LogP) is 6.74. The first kappa shape index (κ1) is 24.3. The van der Waals surface area contributed by atoms with Crippen LogP contribution in [-0.2, 0) is 11.4 Å². The van der Waals surface area contributed by atoms with Gasteiger partial charge < -0.3 is 18.4 Å². The molecule has 186 valence electrons. The van der Waals surface area contributed by atoms with Crippen molar-refractivity contribution in [2.24, 2.45) is 10.3 Å². The van der Waals surface area contributed by atoms with E-state index in [1.165, 1.54) is 12.8 Å². The Hall–Kier alpha value is -3.36. The normalized spacial score (nSPS) is 15.2. The van der Waals surface area contributed by atoms with Crippen LogP contribution in [0.3, 0.4) is 0 Å². The van der Waals surface area contributed by atoms with Crippen molar-refractivity contribution in [1.29, 1.82) is 0 Å². The summed E-state index contributed by atoms with van der Waals surface area (Å²) in [7, 11) is 0. The van der Waals surface area contributed by atoms with Crippen LogP contribution < -0.4 is 9.47 Å². The topological polar surface area (TPSA) is 92.8 Å². The van der Waals surface area contributed by atoms with Gasteiger partial charge in [-0.1, -0.05) is 16.5 Å². The monoisotopic (exact) mass is 503 g/mol. The number of hydrogen-bond donors (Lipinski definition) is 0. The van der Waals surface area contributed by atoms with Gasteiger partial charge in [0.1, 0.15) is 33.1 Å². The van der Waals surface area contributed by atoms with Gasteiger partial charge in [0.05, 0.1) is 17.9 Å². The van der Waals surface area contributed by atoms with Crippen molar-refractivity contribution < 1.29 is 18.4 Å². The van der Waals surface area contributed by atoms with E-state index in [2.05, 4.69) is 14.4 Å². The molecule has 8 heteroatoms. The number of hydrogen-bond acceptors (Lipinski definition) is 7. The van der Waals surface area contributed by atoms with Gasteiger partial charge in [-0.2, -0.15) is 0 Å². The lowest BCUT2D eigenvalue weighted by molar-refractivity contribution is 0.298. The molecule has 0 bridgehead atoms. The summed E-state index contributed by atoms with van der Waals surface area (Å²) < 4.78 is 34.1. The Balaban J connectivity index is 1.29. The average Bonchev–Trinajstić information content (AvgIpc) is 3.59. The summed E-state index contributed by atoms with van der Waals surface area (Å²) in [6, 6.07) is 16.9. The maximum absolute atomic E-state index is 12.4. The van der Waals surface area contributed by atoms with Crippen LogP contribution in [0.25, 0.3) is 22.6 Å². The van der Waals surface area contributed by atoms with Gasteiger partial charge in [0.25, 0.3) is 0 Å². The fraction of sp³-hybridized carbons (Fsp3) is 0.321. The van der Waals surface area contributed by atoms with Crippen molar-refractivity contribution in [3.8, 4) is 28.8 Å². The highest BCUT2D eigenvalue weighted by Gasteiger charge is 2.27. The summed E-state index contributed by atoms with van der Waals surface area (Å²) in [5, 5.41) is 0. The van der Waals surface area contributed by atoms with E-state index in [0.29, 0.717) is 34.7 Å². The molecule has 1 fully saturated rings. The molecule has 36 heavy (non-hydrogen) atoms. The second-order valence-electron chi connectivity index (χ2n) is 9.96. The van der Waals surface area contributed by atoms with E-state index >= 15 is 0 Å². The molecule has 0 amide bonds. The number of fused-ring (bicyclic) bond motifs is 1. The molecular weight excluding hydrogens is 474 g/mol. The molecule has 1 unspecified atom stereocenters. The Morgan fingerprint density at radius 3 is 2.64 bits per heavy atom. The van der Waals surface area contributed by atoms with Gasteiger partial charge in [0, 0.05) is 23.9 Å². The van der Waals surface area contributed by atoms with Crippen molar-refractivity contribution in [2.75, 3.05) is 6.61 Å². The number of aromatic nitrogens is 2. The minimum Gasteiger partial charge on any atom is -0.591 e. The molecule has 1 aliphatic carbocycles. The fourth-order valence-electron chi connectivity index (χ4n) is 3.40. The first-order valence-corrected chi connectivity index (χ1v) is 13.1. The van der Waals surface area contributed by atoms with Crippen molar-refractivity contribution in [2.45, 2.75) is 45.3 Å². The Kier molecular flexibility index (Phi) is 6.73. The fourth-order valence-corrected chi connectivity index (χ4v) is 4.03. The van der Waals surface area contributed by atoms with Crippen LogP contribution in [0.2, 0.25) is 0 Å². The van der Waals surface area contributed by atoms with Crippen LogP contribution in [-0.4, -0.2) is 31.6 Å². The van der Waals surface area contributed by atoms with Gasteiger partial charge in [-0.15, -0.1) is 0 Å². The van der Waals surface area contributed by atoms with Crippen molar-refractivity contribution in [3.63, 3.8) is 0 Å². The van der Waals surface area contributed by atoms with Gasteiger partial charge >= 0.3 is 0 Å². The molecular formula is C28H29N3O4S. The van der Waals surface area contributed by atoms with E-state index in [9.17, 15) is 4.55 Å². The van der Waals surface area contributed by atoms with Crippen molar-refractivity contribution >= 4 is 28.2 Å². The minimum atomic E-state index is -1.33. The van der Waals surface area contributed by atoms with Gasteiger partial charge in [-0.05, 0) is 76.8 Å². The predicted molar refractivity (Wildman–Crippen MR) is 142 cm³/mol. The Morgan fingerprint density at radius 2 is 1.92 bits per heavy atom. The average molecular weight is 504 g/mol. The molecule has 1 atom stereocenters. The second kappa shape index (κ2) is 9.95. The Bertz CT molecular complexity index is 1390. The molecule has 2 aromatic heterocycles. The lowest BCUT2D eigenvalue weighted by Crippen LogP contribution is -2.26. The van der Waals surface area contributed by atoms with Crippen molar-refractivity contribution in [1.82, 2.24) is 9.97 Å². The zero-order chi connectivity index (χ0) is 25.3. The first-order chi connectivity index (χ1) is 17.2. The third-order valence-corrected chi connectivity index (χ3v) is 7.23. The number of rotatable bonds is 8. The third kappa shape index (κ3) is 5.88. The summed E-state index contributed by atoms with van der Waals surface area (Å²) in [4.78, 5) is 9.00. The molecule has 5 rings (SSSR count). The third-order valence-electron chi connectivity index (χ3n) is 5.74. The van der Waals surface area contributed by atoms with Crippen LogP contribution in [0.4, 0.5) is 0 Å². The molecule has 0 radical (unpaired) electrons. The lowest BCUT2D eigenvalue weighted by Gasteiger charge is -2.18. The molecule has 1 saturated carbocycles. The van der Waals surface area contributed by atoms with Gasteiger partial charge in [0.2, 0.25) is 11.8 Å². The minimum absolute atomic E-state index is 0.416. The summed E-state index contributed by atoms with van der Waals surface area (Å²) in [5.41, 5.74) is 3.62. The second-order valence-corrected chi connectivity index (χ2v) is 11.9. The zero-order valence-electron chi connectivity index (χ0n) is 20.9. The largest absolute Gasteiger partial charge is 0.591 e. The molecule has 0 spiro atoms. The van der Waals surface area contributed by atoms with E-state index in [4.69, 9.17) is 13.9 Å². The highest BCUT2D eigenvalue weighted by molar-refractivity contribution is 7.91. The molecule has 2 heterocycles. The van der Waals surface area contributed by atoms with Crippen molar-refractivity contribution in [3.05, 3.63) is 66.4 Å². The summed E-state index contributed by atoms with van der Waals surface area (Å²) >= 11 is -1.33. The smallest absolute Gasteiger partial charge is 0.228 e. The maximum Gasteiger partial charge on any atom is 0.228 e. The Morgan fingerprint density at radius 1 is 1.11 bits per heavy atom. The van der Waals surface area contributed by atoms with E-state index in [1.807, 2.05) is 76.2 Å². The van der Waals surface area contributed by atoms with Crippen LogP contribution in [0, 0.1) is 5.92 Å². The standard InChI is InChI=1S/C28H29N3O4S/c1-18(31-36(32)28(2,3)4)20-10-12-24-25(14-20)35-27(30-24)21-11-13-26(29-16-21)34-23-7-5-6-22(15-23)33-17-19-8-9-19/h5-7,10-16,19H,8-9,17H2,1-4H3/b31-18+. The number of nitrogens with zero attached hydrogens (tertiary/aromatic N) is 3. The summed E-state index contributed by atoms with van der Waals surface area (Å²) in [5.74, 6) is 3.09.